The molecule has 0 aromatic heterocycles. The van der Waals surface area contributed by atoms with Crippen LogP contribution in [0.15, 0.2) is 29.2 Å². The highest BCUT2D eigenvalue weighted by molar-refractivity contribution is 7.89. The predicted molar refractivity (Wildman–Crippen MR) is 76.2 cm³/mol. The van der Waals surface area contributed by atoms with Gasteiger partial charge in [-0.3, -0.25) is 9.59 Å². The molecule has 0 bridgehead atoms. The number of carboxylic acid groups (broad SMARTS) is 1. The van der Waals surface area contributed by atoms with Crippen LogP contribution < -0.4 is 10.5 Å². The summed E-state index contributed by atoms with van der Waals surface area (Å²) >= 11 is 0. The van der Waals surface area contributed by atoms with Gasteiger partial charge in [0.1, 0.15) is 6.04 Å². The van der Waals surface area contributed by atoms with Crippen molar-refractivity contribution >= 4 is 21.9 Å². The molecule has 0 saturated carbocycles. The number of hydrogen-bond acceptors (Lipinski definition) is 4. The Kier molecular flexibility index (Phi) is 5.45. The average Bonchev–Trinajstić information content (AvgIpc) is 2.37. The number of carbonyl (C=O) groups is 2. The molecule has 0 fully saturated rings. The predicted octanol–water partition coefficient (Wildman–Crippen LogP) is 0.563. The first kappa shape index (κ1) is 17.1. The van der Waals surface area contributed by atoms with Crippen molar-refractivity contribution in [2.24, 2.45) is 11.7 Å². The van der Waals surface area contributed by atoms with Crippen molar-refractivity contribution in [2.45, 2.75) is 31.2 Å². The number of nitrogens with two attached hydrogens (primary N) is 1. The van der Waals surface area contributed by atoms with Crippen LogP contribution in [0, 0.1) is 5.92 Å². The summed E-state index contributed by atoms with van der Waals surface area (Å²) in [6.07, 6.45) is 0.157. The Balaban J connectivity index is 3.07. The molecule has 116 valence electrons. The summed E-state index contributed by atoms with van der Waals surface area (Å²) in [5, 5.41) is 9.07. The molecule has 1 aromatic carbocycles. The fourth-order valence-corrected chi connectivity index (χ4v) is 2.99. The Hall–Kier alpha value is -1.93. The topological polar surface area (TPSA) is 127 Å². The van der Waals surface area contributed by atoms with E-state index in [0.29, 0.717) is 0 Å². The van der Waals surface area contributed by atoms with Crippen molar-refractivity contribution in [2.75, 3.05) is 0 Å². The van der Waals surface area contributed by atoms with E-state index in [-0.39, 0.29) is 22.8 Å². The standard InChI is InChI=1S/C13H18N2O5S/c1-8(2)6-11(13(17)18)15-21(19,20)10-5-3-4-9(7-10)12(14)16/h3-5,7-8,11,15H,6H2,1-2H3,(H2,14,16)(H,17,18). The number of rotatable bonds is 7. The van der Waals surface area contributed by atoms with E-state index >= 15 is 0 Å². The van der Waals surface area contributed by atoms with Crippen molar-refractivity contribution in [3.63, 3.8) is 0 Å². The van der Waals surface area contributed by atoms with Crippen LogP contribution in [0.4, 0.5) is 0 Å². The van der Waals surface area contributed by atoms with Gasteiger partial charge in [-0.05, 0) is 30.5 Å². The van der Waals surface area contributed by atoms with Crippen LogP contribution in [-0.2, 0) is 14.8 Å². The van der Waals surface area contributed by atoms with E-state index in [1.165, 1.54) is 18.2 Å². The number of sulfonamides is 1. The third-order valence-corrected chi connectivity index (χ3v) is 4.20. The lowest BCUT2D eigenvalue weighted by Gasteiger charge is -2.16. The van der Waals surface area contributed by atoms with Crippen LogP contribution in [0.25, 0.3) is 0 Å². The monoisotopic (exact) mass is 314 g/mol. The summed E-state index contributed by atoms with van der Waals surface area (Å²) in [7, 11) is -4.04. The first-order valence-corrected chi connectivity index (χ1v) is 7.77. The Morgan fingerprint density at radius 3 is 2.43 bits per heavy atom. The third kappa shape index (κ3) is 4.83. The van der Waals surface area contributed by atoms with E-state index in [1.807, 2.05) is 0 Å². The van der Waals surface area contributed by atoms with Crippen molar-refractivity contribution in [1.82, 2.24) is 4.72 Å². The molecule has 1 aromatic rings. The van der Waals surface area contributed by atoms with Gasteiger partial charge in [0, 0.05) is 5.56 Å². The zero-order chi connectivity index (χ0) is 16.2. The molecule has 1 rings (SSSR count). The van der Waals surface area contributed by atoms with E-state index in [9.17, 15) is 18.0 Å². The summed E-state index contributed by atoms with van der Waals surface area (Å²) in [5.74, 6) is -2.01. The molecule has 1 amide bonds. The van der Waals surface area contributed by atoms with Gasteiger partial charge in [0.15, 0.2) is 0 Å². The highest BCUT2D eigenvalue weighted by Gasteiger charge is 2.26. The highest BCUT2D eigenvalue weighted by Crippen LogP contribution is 2.14. The van der Waals surface area contributed by atoms with E-state index in [0.717, 1.165) is 6.07 Å². The first-order valence-electron chi connectivity index (χ1n) is 6.28. The van der Waals surface area contributed by atoms with Crippen molar-refractivity contribution < 1.29 is 23.1 Å². The molecule has 1 unspecified atom stereocenters. The summed E-state index contributed by atoms with van der Waals surface area (Å²) in [6, 6.07) is 3.89. The molecule has 0 aliphatic rings. The Labute approximate surface area is 123 Å². The van der Waals surface area contributed by atoms with Crippen LogP contribution in [0.1, 0.15) is 30.6 Å². The molecular weight excluding hydrogens is 296 g/mol. The third-order valence-electron chi connectivity index (χ3n) is 2.73. The van der Waals surface area contributed by atoms with Gasteiger partial charge in [0.25, 0.3) is 0 Å². The summed E-state index contributed by atoms with van der Waals surface area (Å²) in [5.41, 5.74) is 5.13. The number of primary amides is 1. The van der Waals surface area contributed by atoms with Crippen molar-refractivity contribution in [1.29, 1.82) is 0 Å². The van der Waals surface area contributed by atoms with Gasteiger partial charge in [-0.2, -0.15) is 4.72 Å². The SMILES string of the molecule is CC(C)CC(NS(=O)(=O)c1cccc(C(N)=O)c1)C(=O)O. The highest BCUT2D eigenvalue weighted by atomic mass is 32.2. The van der Waals surface area contributed by atoms with E-state index < -0.39 is 27.9 Å². The molecule has 1 atom stereocenters. The van der Waals surface area contributed by atoms with Gasteiger partial charge in [0.2, 0.25) is 15.9 Å². The zero-order valence-electron chi connectivity index (χ0n) is 11.7. The fourth-order valence-electron chi connectivity index (χ4n) is 1.74. The van der Waals surface area contributed by atoms with Gasteiger partial charge in [0.05, 0.1) is 4.90 Å². The van der Waals surface area contributed by atoms with Crippen LogP contribution >= 0.6 is 0 Å². The fraction of sp³-hybridized carbons (Fsp3) is 0.385. The minimum Gasteiger partial charge on any atom is -0.480 e. The Morgan fingerprint density at radius 2 is 1.95 bits per heavy atom. The number of amides is 1. The lowest BCUT2D eigenvalue weighted by atomic mass is 10.1. The molecule has 0 spiro atoms. The molecule has 4 N–H and O–H groups in total. The molecule has 8 heteroatoms. The summed E-state index contributed by atoms with van der Waals surface area (Å²) in [6.45, 7) is 3.58. The second-order valence-electron chi connectivity index (χ2n) is 5.03. The maximum atomic E-state index is 12.2. The van der Waals surface area contributed by atoms with Crippen molar-refractivity contribution in [3.05, 3.63) is 29.8 Å². The van der Waals surface area contributed by atoms with Crippen LogP contribution in [0.3, 0.4) is 0 Å². The van der Waals surface area contributed by atoms with E-state index in [2.05, 4.69) is 4.72 Å². The van der Waals surface area contributed by atoms with E-state index in [1.54, 1.807) is 13.8 Å². The second-order valence-corrected chi connectivity index (χ2v) is 6.75. The van der Waals surface area contributed by atoms with Gasteiger partial charge in [-0.25, -0.2) is 8.42 Å². The molecule has 21 heavy (non-hydrogen) atoms. The summed E-state index contributed by atoms with van der Waals surface area (Å²) in [4.78, 5) is 22.0. The quantitative estimate of drug-likeness (QED) is 0.678. The van der Waals surface area contributed by atoms with E-state index in [4.69, 9.17) is 10.8 Å². The average molecular weight is 314 g/mol. The van der Waals surface area contributed by atoms with Crippen LogP contribution in [0.2, 0.25) is 0 Å². The maximum absolute atomic E-state index is 12.2. The van der Waals surface area contributed by atoms with Gasteiger partial charge in [-0.1, -0.05) is 19.9 Å². The number of aliphatic carboxylic acids is 1. The molecule has 7 nitrogen and oxygen atoms in total. The Bertz CT molecular complexity index is 640. The molecule has 0 heterocycles. The van der Waals surface area contributed by atoms with Crippen LogP contribution in [0.5, 0.6) is 0 Å². The number of carboxylic acids is 1. The lowest BCUT2D eigenvalue weighted by molar-refractivity contribution is -0.139. The first-order chi connectivity index (χ1) is 9.63. The van der Waals surface area contributed by atoms with Gasteiger partial charge in [-0.15, -0.1) is 0 Å². The molecule has 0 aliphatic heterocycles. The minimum atomic E-state index is -4.04. The second kappa shape index (κ2) is 6.68. The number of benzene rings is 1. The number of nitrogens with one attached hydrogen (secondary N) is 1. The summed E-state index contributed by atoms with van der Waals surface area (Å²) < 4.78 is 26.5. The molecule has 0 aliphatic carbocycles. The number of hydrogen-bond donors (Lipinski definition) is 3. The minimum absolute atomic E-state index is 0.00533. The molecule has 0 saturated heterocycles. The lowest BCUT2D eigenvalue weighted by Crippen LogP contribution is -2.41. The van der Waals surface area contributed by atoms with Gasteiger partial charge >= 0.3 is 5.97 Å². The number of carbonyl (C=O) groups excluding carboxylic acids is 1. The maximum Gasteiger partial charge on any atom is 0.321 e. The smallest absolute Gasteiger partial charge is 0.321 e. The van der Waals surface area contributed by atoms with Crippen molar-refractivity contribution in [3.8, 4) is 0 Å². The zero-order valence-corrected chi connectivity index (χ0v) is 12.6. The molecule has 0 radical (unpaired) electrons. The Morgan fingerprint density at radius 1 is 1.33 bits per heavy atom. The normalized spacial score (nSPS) is 13.1. The largest absolute Gasteiger partial charge is 0.480 e. The van der Waals surface area contributed by atoms with Gasteiger partial charge < -0.3 is 10.8 Å². The van der Waals surface area contributed by atoms with Crippen LogP contribution in [-0.4, -0.2) is 31.4 Å². The molecular formula is C13H18N2O5S.